The van der Waals surface area contributed by atoms with E-state index >= 15 is 0 Å². The molecule has 4 rings (SSSR count). The Morgan fingerprint density at radius 3 is 2.16 bits per heavy atom. The van der Waals surface area contributed by atoms with E-state index in [9.17, 15) is 9.59 Å². The van der Waals surface area contributed by atoms with Gasteiger partial charge in [-0.3, -0.25) is 14.5 Å². The lowest BCUT2D eigenvalue weighted by Gasteiger charge is -2.25. The van der Waals surface area contributed by atoms with E-state index in [4.69, 9.17) is 4.74 Å². The Balaban J connectivity index is 1.25. The fourth-order valence-corrected chi connectivity index (χ4v) is 3.24. The van der Waals surface area contributed by atoms with Crippen molar-refractivity contribution < 1.29 is 14.3 Å². The monoisotopic (exact) mass is 421 g/mol. The molecule has 160 valence electrons. The second kappa shape index (κ2) is 9.92. The Hall–Kier alpha value is -3.63. The second-order valence-corrected chi connectivity index (χ2v) is 7.16. The summed E-state index contributed by atoms with van der Waals surface area (Å²) in [4.78, 5) is 26.6. The number of carbonyl (C=O) groups is 2. The smallest absolute Gasteiger partial charge is 0.238 e. The van der Waals surface area contributed by atoms with Crippen LogP contribution in [0.2, 0.25) is 0 Å². The Labute approximate surface area is 179 Å². The molecule has 2 heterocycles. The molecular formula is C21H23N7O3. The zero-order chi connectivity index (χ0) is 21.5. The van der Waals surface area contributed by atoms with Crippen LogP contribution in [0.5, 0.6) is 0 Å². The molecule has 31 heavy (non-hydrogen) atoms. The van der Waals surface area contributed by atoms with Gasteiger partial charge >= 0.3 is 0 Å². The molecule has 0 unspecified atom stereocenters. The average Bonchev–Trinajstić information content (AvgIpc) is 3.31. The topological polar surface area (TPSA) is 114 Å². The summed E-state index contributed by atoms with van der Waals surface area (Å²) in [5.74, 6) is -0.192. The number of nitrogens with one attached hydrogen (secondary N) is 2. The SMILES string of the molecule is O=C(Cc1ccc(-n2cnnn2)cc1)Nc1ccc(NC(=O)CN2CCOCC2)cc1. The maximum atomic E-state index is 12.3. The minimum atomic E-state index is -0.126. The summed E-state index contributed by atoms with van der Waals surface area (Å²) >= 11 is 0. The first kappa shape index (κ1) is 20.6. The average molecular weight is 421 g/mol. The van der Waals surface area contributed by atoms with Gasteiger partial charge < -0.3 is 15.4 Å². The van der Waals surface area contributed by atoms with Crippen molar-refractivity contribution in [3.8, 4) is 5.69 Å². The molecule has 1 saturated heterocycles. The van der Waals surface area contributed by atoms with Gasteiger partial charge in [-0.2, -0.15) is 0 Å². The highest BCUT2D eigenvalue weighted by Crippen LogP contribution is 2.15. The van der Waals surface area contributed by atoms with Gasteiger partial charge in [0.05, 0.1) is 31.9 Å². The van der Waals surface area contributed by atoms with Gasteiger partial charge in [-0.25, -0.2) is 4.68 Å². The van der Waals surface area contributed by atoms with E-state index < -0.39 is 0 Å². The summed E-state index contributed by atoms with van der Waals surface area (Å²) in [6.45, 7) is 3.18. The summed E-state index contributed by atoms with van der Waals surface area (Å²) in [6, 6.07) is 14.5. The Morgan fingerprint density at radius 1 is 0.903 bits per heavy atom. The van der Waals surface area contributed by atoms with Crippen LogP contribution >= 0.6 is 0 Å². The first-order valence-electron chi connectivity index (χ1n) is 9.98. The Morgan fingerprint density at radius 2 is 1.55 bits per heavy atom. The molecule has 10 nitrogen and oxygen atoms in total. The number of nitrogens with zero attached hydrogens (tertiary/aromatic N) is 5. The number of rotatable bonds is 7. The van der Waals surface area contributed by atoms with Gasteiger partial charge in [-0.05, 0) is 52.4 Å². The third-order valence-corrected chi connectivity index (χ3v) is 4.84. The standard InChI is InChI=1S/C21H23N7O3/c29-20(13-16-1-7-19(8-2-16)28-15-22-25-26-28)23-17-3-5-18(6-4-17)24-21(30)14-27-9-11-31-12-10-27/h1-8,15H,9-14H2,(H,23,29)(H,24,30). The van der Waals surface area contributed by atoms with Crippen LogP contribution in [0.4, 0.5) is 11.4 Å². The van der Waals surface area contributed by atoms with E-state index in [-0.39, 0.29) is 18.2 Å². The van der Waals surface area contributed by atoms with E-state index in [0.717, 1.165) is 24.3 Å². The molecule has 0 spiro atoms. The van der Waals surface area contributed by atoms with Crippen LogP contribution in [0, 0.1) is 0 Å². The van der Waals surface area contributed by atoms with Crippen molar-refractivity contribution in [2.24, 2.45) is 0 Å². The fraction of sp³-hybridized carbons (Fsp3) is 0.286. The highest BCUT2D eigenvalue weighted by atomic mass is 16.5. The third kappa shape index (κ3) is 5.93. The normalized spacial score (nSPS) is 14.2. The highest BCUT2D eigenvalue weighted by Gasteiger charge is 2.14. The number of hydrogen-bond acceptors (Lipinski definition) is 7. The lowest BCUT2D eigenvalue weighted by atomic mass is 10.1. The number of morpholine rings is 1. The first-order chi connectivity index (χ1) is 15.2. The molecule has 0 atom stereocenters. The minimum absolute atomic E-state index is 0.0659. The summed E-state index contributed by atoms with van der Waals surface area (Å²) in [5, 5.41) is 16.8. The predicted molar refractivity (Wildman–Crippen MR) is 114 cm³/mol. The molecule has 10 heteroatoms. The maximum absolute atomic E-state index is 12.3. The molecule has 2 aromatic carbocycles. The van der Waals surface area contributed by atoms with Crippen LogP contribution in [0.15, 0.2) is 54.9 Å². The zero-order valence-electron chi connectivity index (χ0n) is 16.9. The van der Waals surface area contributed by atoms with Crippen molar-refractivity contribution in [2.75, 3.05) is 43.5 Å². The van der Waals surface area contributed by atoms with Gasteiger partial charge in [0.15, 0.2) is 0 Å². The Bertz CT molecular complexity index is 998. The molecule has 0 radical (unpaired) electrons. The lowest BCUT2D eigenvalue weighted by molar-refractivity contribution is -0.118. The minimum Gasteiger partial charge on any atom is -0.379 e. The summed E-state index contributed by atoms with van der Waals surface area (Å²) < 4.78 is 6.83. The number of amides is 2. The van der Waals surface area contributed by atoms with E-state index in [1.807, 2.05) is 24.3 Å². The third-order valence-electron chi connectivity index (χ3n) is 4.84. The zero-order valence-corrected chi connectivity index (χ0v) is 16.9. The van der Waals surface area contributed by atoms with Crippen LogP contribution < -0.4 is 10.6 Å². The van der Waals surface area contributed by atoms with Gasteiger partial charge in [-0.1, -0.05) is 12.1 Å². The van der Waals surface area contributed by atoms with Crippen molar-refractivity contribution in [3.05, 3.63) is 60.4 Å². The van der Waals surface area contributed by atoms with Crippen LogP contribution in [0.25, 0.3) is 5.69 Å². The first-order valence-corrected chi connectivity index (χ1v) is 9.98. The van der Waals surface area contributed by atoms with E-state index in [0.29, 0.717) is 31.1 Å². The van der Waals surface area contributed by atoms with Crippen molar-refractivity contribution >= 4 is 23.2 Å². The van der Waals surface area contributed by atoms with Gasteiger partial charge in [0.1, 0.15) is 6.33 Å². The molecule has 1 aliphatic heterocycles. The van der Waals surface area contributed by atoms with Gasteiger partial charge in [0.25, 0.3) is 0 Å². The van der Waals surface area contributed by atoms with Crippen molar-refractivity contribution in [1.82, 2.24) is 25.1 Å². The number of tetrazole rings is 1. The molecule has 1 aliphatic rings. The van der Waals surface area contributed by atoms with E-state index in [1.54, 1.807) is 28.9 Å². The van der Waals surface area contributed by atoms with Crippen molar-refractivity contribution in [2.45, 2.75) is 6.42 Å². The number of benzene rings is 2. The van der Waals surface area contributed by atoms with Crippen molar-refractivity contribution in [1.29, 1.82) is 0 Å². The summed E-state index contributed by atoms with van der Waals surface area (Å²) in [6.07, 6.45) is 1.75. The Kier molecular flexibility index (Phi) is 6.60. The maximum Gasteiger partial charge on any atom is 0.238 e. The summed E-state index contributed by atoms with van der Waals surface area (Å²) in [5.41, 5.74) is 3.05. The van der Waals surface area contributed by atoms with E-state index in [1.165, 1.54) is 6.33 Å². The van der Waals surface area contributed by atoms with Crippen LogP contribution in [0.3, 0.4) is 0 Å². The van der Waals surface area contributed by atoms with Crippen LogP contribution in [-0.2, 0) is 20.7 Å². The van der Waals surface area contributed by atoms with Gasteiger partial charge in [-0.15, -0.1) is 5.10 Å². The van der Waals surface area contributed by atoms with E-state index in [2.05, 4.69) is 31.1 Å². The predicted octanol–water partition coefficient (Wildman–Crippen LogP) is 1.11. The quantitative estimate of drug-likeness (QED) is 0.587. The molecule has 3 aromatic rings. The molecule has 0 aliphatic carbocycles. The molecule has 1 aromatic heterocycles. The summed E-state index contributed by atoms with van der Waals surface area (Å²) in [7, 11) is 0. The largest absolute Gasteiger partial charge is 0.379 e. The molecule has 0 saturated carbocycles. The fourth-order valence-electron chi connectivity index (χ4n) is 3.24. The molecular weight excluding hydrogens is 398 g/mol. The number of aromatic nitrogens is 4. The molecule has 2 N–H and O–H groups in total. The van der Waals surface area contributed by atoms with Crippen LogP contribution in [0.1, 0.15) is 5.56 Å². The second-order valence-electron chi connectivity index (χ2n) is 7.16. The number of carbonyl (C=O) groups excluding carboxylic acids is 2. The van der Waals surface area contributed by atoms with Gasteiger partial charge in [0.2, 0.25) is 11.8 Å². The number of anilines is 2. The molecule has 2 amide bonds. The highest BCUT2D eigenvalue weighted by molar-refractivity contribution is 5.94. The number of hydrogen-bond donors (Lipinski definition) is 2. The van der Waals surface area contributed by atoms with Crippen molar-refractivity contribution in [3.63, 3.8) is 0 Å². The molecule has 0 bridgehead atoms. The number of ether oxygens (including phenoxy) is 1. The van der Waals surface area contributed by atoms with Gasteiger partial charge in [0, 0.05) is 24.5 Å². The lowest BCUT2D eigenvalue weighted by Crippen LogP contribution is -2.41. The van der Waals surface area contributed by atoms with Crippen LogP contribution in [-0.4, -0.2) is 69.8 Å². The molecule has 1 fully saturated rings.